The molecule has 3 rings (SSSR count). The standard InChI is InChI=1S/C26H28N4O4.Fe/c1-5-33-25(31)19-15-27-21-11-7-8-12-22(21)28-16-20(26(32)34-6-2)18(4)30-24-14-10-9-13-23(24)29-17(19)3;/h7-16,31-32H,5-6H2,1-4H3;/q;+2/p-2/b25-19-,26-20+,27-15?,28-16?,29-17?,30-18?;. The molecule has 2 aromatic carbocycles. The van der Waals surface area contributed by atoms with E-state index in [9.17, 15) is 10.2 Å². The van der Waals surface area contributed by atoms with Crippen molar-refractivity contribution in [2.24, 2.45) is 0 Å². The summed E-state index contributed by atoms with van der Waals surface area (Å²) in [6.45, 7) is 7.32. The summed E-state index contributed by atoms with van der Waals surface area (Å²) in [5.41, 5.74) is 2.87. The number of hydrogen-bond acceptors (Lipinski definition) is 8. The van der Waals surface area contributed by atoms with E-state index in [1.165, 1.54) is 12.4 Å². The summed E-state index contributed by atoms with van der Waals surface area (Å²) in [7, 11) is 0. The summed E-state index contributed by atoms with van der Waals surface area (Å²) in [5, 5.41) is 25.8. The van der Waals surface area contributed by atoms with E-state index in [2.05, 4.69) is 19.9 Å². The van der Waals surface area contributed by atoms with Crippen molar-refractivity contribution in [1.82, 2.24) is 19.9 Å². The summed E-state index contributed by atoms with van der Waals surface area (Å²) in [4.78, 5) is 18.2. The Morgan fingerprint density at radius 1 is 0.657 bits per heavy atom. The number of rotatable bonds is 4. The summed E-state index contributed by atoms with van der Waals surface area (Å²) in [6, 6.07) is 14.3. The quantitative estimate of drug-likeness (QED) is 0.480. The maximum atomic E-state index is 12.7. The minimum atomic E-state index is -0.532. The fraction of sp³-hybridized carbons (Fsp3) is 0.231. The zero-order valence-corrected chi connectivity index (χ0v) is 21.1. The third kappa shape index (κ3) is 7.15. The van der Waals surface area contributed by atoms with E-state index in [1.54, 1.807) is 64.1 Å². The van der Waals surface area contributed by atoms with Crippen molar-refractivity contribution in [3.63, 3.8) is 0 Å². The molecule has 8 nitrogen and oxygen atoms in total. The minimum absolute atomic E-state index is 0. The average Bonchev–Trinajstić information content (AvgIpc) is 2.81. The predicted molar refractivity (Wildman–Crippen MR) is 127 cm³/mol. The molecule has 1 aromatic heterocycles. The normalized spacial score (nSPS) is 12.0. The van der Waals surface area contributed by atoms with Crippen LogP contribution in [-0.2, 0) is 26.5 Å². The number of aryl methyl sites for hydroxylation is 2. The first kappa shape index (κ1) is 27.6. The summed E-state index contributed by atoms with van der Waals surface area (Å²) in [6.07, 6.45) is 2.84. The van der Waals surface area contributed by atoms with Gasteiger partial charge in [-0.1, -0.05) is 38.1 Å². The SMILES string of the molecule is CCO/C([O-])=c1/cnc2ccccc2nc/c(=C(/[O-])OCC)c(C)nc2ccccc2nc1C.[Fe+2]. The van der Waals surface area contributed by atoms with E-state index in [4.69, 9.17) is 9.47 Å². The Kier molecular flexibility index (Phi) is 10.4. The number of hydrogen-bond donors (Lipinski definition) is 0. The van der Waals surface area contributed by atoms with Gasteiger partial charge in [0.1, 0.15) is 0 Å². The van der Waals surface area contributed by atoms with Crippen LogP contribution >= 0.6 is 0 Å². The van der Waals surface area contributed by atoms with Gasteiger partial charge in [-0.15, -0.1) is 0 Å². The van der Waals surface area contributed by atoms with Crippen molar-refractivity contribution < 1.29 is 36.8 Å². The van der Waals surface area contributed by atoms with Gasteiger partial charge in [0, 0.05) is 34.2 Å². The van der Waals surface area contributed by atoms with Gasteiger partial charge in [-0.3, -0.25) is 19.9 Å². The Hall–Kier alpha value is -3.68. The molecule has 9 heteroatoms. The van der Waals surface area contributed by atoms with Crippen molar-refractivity contribution in [1.29, 1.82) is 0 Å². The first-order chi connectivity index (χ1) is 16.4. The molecule has 0 bridgehead atoms. The number of fused-ring (bicyclic) bond motifs is 2. The van der Waals surface area contributed by atoms with Gasteiger partial charge in [0.05, 0.1) is 34.0 Å². The molecule has 0 atom stereocenters. The first-order valence-electron chi connectivity index (χ1n) is 10.9. The summed E-state index contributed by atoms with van der Waals surface area (Å²) < 4.78 is 10.4. The van der Waals surface area contributed by atoms with Gasteiger partial charge in [0.15, 0.2) is 0 Å². The Labute approximate surface area is 214 Å². The molecular formula is C26H26FeN4O4. The van der Waals surface area contributed by atoms with Crippen LogP contribution in [0.25, 0.3) is 34.0 Å². The average molecular weight is 514 g/mol. The molecule has 0 aliphatic rings. The van der Waals surface area contributed by atoms with Gasteiger partial charge < -0.3 is 19.7 Å². The van der Waals surface area contributed by atoms with Gasteiger partial charge >= 0.3 is 17.1 Å². The third-order valence-electron chi connectivity index (χ3n) is 4.78. The number of benzene rings is 2. The van der Waals surface area contributed by atoms with E-state index in [-0.39, 0.29) is 40.7 Å². The van der Waals surface area contributed by atoms with Gasteiger partial charge in [-0.25, -0.2) is 0 Å². The molecule has 1 heterocycles. The van der Waals surface area contributed by atoms with Crippen LogP contribution in [0.5, 0.6) is 0 Å². The van der Waals surface area contributed by atoms with Crippen molar-refractivity contribution in [2.45, 2.75) is 27.7 Å². The summed E-state index contributed by atoms with van der Waals surface area (Å²) >= 11 is 0. The zero-order chi connectivity index (χ0) is 24.5. The second kappa shape index (κ2) is 13.3. The van der Waals surface area contributed by atoms with Crippen LogP contribution in [-0.4, -0.2) is 33.1 Å². The Balaban J connectivity index is 0.00000432. The summed E-state index contributed by atoms with van der Waals surface area (Å²) in [5.74, 6) is -1.06. The van der Waals surface area contributed by atoms with Crippen molar-refractivity contribution in [3.8, 4) is 0 Å². The molecule has 3 aromatic rings. The van der Waals surface area contributed by atoms with Crippen molar-refractivity contribution >= 4 is 34.0 Å². The van der Waals surface area contributed by atoms with E-state index in [1.807, 2.05) is 12.1 Å². The second-order valence-corrected chi connectivity index (χ2v) is 7.16. The molecule has 0 saturated heterocycles. The van der Waals surface area contributed by atoms with Gasteiger partial charge in [-0.2, -0.15) is 0 Å². The molecule has 0 spiro atoms. The first-order valence-corrected chi connectivity index (χ1v) is 10.9. The Morgan fingerprint density at radius 3 is 1.34 bits per heavy atom. The van der Waals surface area contributed by atoms with Crippen LogP contribution in [0.2, 0.25) is 0 Å². The van der Waals surface area contributed by atoms with Crippen LogP contribution in [0, 0.1) is 13.8 Å². The molecular weight excluding hydrogens is 488 g/mol. The molecule has 0 N–H and O–H groups in total. The van der Waals surface area contributed by atoms with E-state index < -0.39 is 11.9 Å². The molecule has 0 unspecified atom stereocenters. The molecule has 0 aliphatic heterocycles. The van der Waals surface area contributed by atoms with Gasteiger partial charge in [0.2, 0.25) is 0 Å². The molecule has 0 radical (unpaired) electrons. The number of aromatic nitrogens is 4. The van der Waals surface area contributed by atoms with Crippen molar-refractivity contribution in [3.05, 3.63) is 82.7 Å². The maximum Gasteiger partial charge on any atom is 2.00 e. The number of ether oxygens (including phenoxy) is 2. The van der Waals surface area contributed by atoms with Crippen LogP contribution in [0.4, 0.5) is 0 Å². The Bertz CT molecular complexity index is 1340. The van der Waals surface area contributed by atoms with E-state index in [0.29, 0.717) is 33.5 Å². The molecule has 0 fully saturated rings. The van der Waals surface area contributed by atoms with Crippen LogP contribution < -0.4 is 20.7 Å². The molecule has 0 saturated carbocycles. The van der Waals surface area contributed by atoms with Gasteiger partial charge in [-0.05, 0) is 51.3 Å². The van der Waals surface area contributed by atoms with Gasteiger partial charge in [0.25, 0.3) is 0 Å². The fourth-order valence-electron chi connectivity index (χ4n) is 3.09. The Morgan fingerprint density at radius 2 is 1.00 bits per heavy atom. The third-order valence-corrected chi connectivity index (χ3v) is 4.78. The van der Waals surface area contributed by atoms with Crippen molar-refractivity contribution in [2.75, 3.05) is 13.2 Å². The zero-order valence-electron chi connectivity index (χ0n) is 20.0. The predicted octanol–water partition coefficient (Wildman–Crippen LogP) is 1.36. The molecule has 182 valence electrons. The minimum Gasteiger partial charge on any atom is -0.613 e. The topological polar surface area (TPSA) is 116 Å². The van der Waals surface area contributed by atoms with Crippen LogP contribution in [0.15, 0.2) is 60.9 Å². The second-order valence-electron chi connectivity index (χ2n) is 7.16. The monoisotopic (exact) mass is 514 g/mol. The van der Waals surface area contributed by atoms with E-state index in [0.717, 1.165) is 0 Å². The maximum absolute atomic E-state index is 12.7. The van der Waals surface area contributed by atoms with Crippen LogP contribution in [0.1, 0.15) is 25.2 Å². The fourth-order valence-corrected chi connectivity index (χ4v) is 3.09. The molecule has 35 heavy (non-hydrogen) atoms. The number of para-hydroxylation sites is 4. The smallest absolute Gasteiger partial charge is 0.613 e. The largest absolute Gasteiger partial charge is 2.00 e. The number of nitrogens with zero attached hydrogens (tertiary/aromatic N) is 4. The van der Waals surface area contributed by atoms with E-state index >= 15 is 0 Å². The molecule has 0 aliphatic carbocycles. The molecule has 0 amide bonds. The van der Waals surface area contributed by atoms with Crippen LogP contribution in [0.3, 0.4) is 0 Å².